The summed E-state index contributed by atoms with van der Waals surface area (Å²) < 4.78 is 6.67. The molecule has 3 heterocycles. The molecule has 8 aromatic carbocycles. The second-order valence-corrected chi connectivity index (χ2v) is 16.3. The van der Waals surface area contributed by atoms with Gasteiger partial charge in [-0.3, -0.25) is 0 Å². The molecule has 14 rings (SSSR count). The number of rotatable bonds is 5. The second kappa shape index (κ2) is 12.7. The third kappa shape index (κ3) is 4.71. The van der Waals surface area contributed by atoms with E-state index in [2.05, 4.69) is 157 Å². The highest BCUT2D eigenvalue weighted by Gasteiger charge is 2.55. The van der Waals surface area contributed by atoms with Crippen molar-refractivity contribution >= 4 is 39.0 Å². The average molecular weight is 769 g/mol. The molecule has 4 aliphatic rings. The lowest BCUT2D eigenvalue weighted by Gasteiger charge is -2.55. The van der Waals surface area contributed by atoms with Crippen molar-refractivity contribution in [2.75, 3.05) is 4.90 Å². The van der Waals surface area contributed by atoms with Crippen molar-refractivity contribution in [3.8, 4) is 45.3 Å². The summed E-state index contributed by atoms with van der Waals surface area (Å²) in [5, 5.41) is 2.29. The van der Waals surface area contributed by atoms with Gasteiger partial charge in [0.2, 0.25) is 0 Å². The first-order valence-corrected chi connectivity index (χ1v) is 20.8. The molecule has 2 atom stereocenters. The van der Waals surface area contributed by atoms with E-state index >= 15 is 0 Å². The second-order valence-electron chi connectivity index (χ2n) is 16.3. The molecule has 1 spiro atoms. The van der Waals surface area contributed by atoms with Crippen molar-refractivity contribution in [1.29, 1.82) is 0 Å². The minimum atomic E-state index is -0.347. The molecule has 2 unspecified atom stereocenters. The third-order valence-electron chi connectivity index (χ3n) is 13.2. The molecule has 0 radical (unpaired) electrons. The summed E-state index contributed by atoms with van der Waals surface area (Å²) in [6, 6.07) is 67.2. The largest absolute Gasteiger partial charge is 0.456 e. The number of hydrogen-bond donors (Lipinski definition) is 0. The Morgan fingerprint density at radius 3 is 1.87 bits per heavy atom. The molecular weight excluding hydrogens is 733 g/mol. The van der Waals surface area contributed by atoms with Gasteiger partial charge in [-0.1, -0.05) is 152 Å². The summed E-state index contributed by atoms with van der Waals surface area (Å²) in [7, 11) is 0. The molecule has 2 bridgehead atoms. The zero-order chi connectivity index (χ0) is 39.4. The lowest BCUT2D eigenvalue weighted by Crippen LogP contribution is -2.45. The molecule has 60 heavy (non-hydrogen) atoms. The minimum Gasteiger partial charge on any atom is -0.456 e. The Morgan fingerprint density at radius 2 is 1.12 bits per heavy atom. The first kappa shape index (κ1) is 33.4. The number of nitrogens with zero attached hydrogens (tertiary/aromatic N) is 4. The number of benzene rings is 8. The van der Waals surface area contributed by atoms with Gasteiger partial charge in [-0.25, -0.2) is 15.0 Å². The molecule has 0 saturated carbocycles. The van der Waals surface area contributed by atoms with Crippen LogP contribution in [0.15, 0.2) is 192 Å². The number of anilines is 3. The van der Waals surface area contributed by atoms with Crippen LogP contribution >= 0.6 is 0 Å². The van der Waals surface area contributed by atoms with E-state index in [4.69, 9.17) is 19.4 Å². The van der Waals surface area contributed by atoms with E-state index in [0.717, 1.165) is 62.8 Å². The number of hydrogen-bond acceptors (Lipinski definition) is 5. The van der Waals surface area contributed by atoms with Crippen molar-refractivity contribution in [3.05, 3.63) is 216 Å². The highest BCUT2D eigenvalue weighted by molar-refractivity contribution is 6.08. The number of fused-ring (bicyclic) bond motifs is 5. The van der Waals surface area contributed by atoms with E-state index in [1.807, 2.05) is 36.4 Å². The molecular formula is C55H36N4O. The Balaban J connectivity index is 1.09. The van der Waals surface area contributed by atoms with E-state index in [-0.39, 0.29) is 5.41 Å². The highest BCUT2D eigenvalue weighted by atomic mass is 16.3. The van der Waals surface area contributed by atoms with E-state index in [9.17, 15) is 0 Å². The van der Waals surface area contributed by atoms with Crippen LogP contribution in [0.4, 0.5) is 17.1 Å². The van der Waals surface area contributed by atoms with Crippen LogP contribution in [0, 0.1) is 0 Å². The SMILES string of the molecule is c1ccc(-c2nc(-c3ccccc3)nc(-c3cccc(N4c5cc6oc7ccccc7c6cc5C56CCC(c7ccccc75)c5c(-c7ccccc7)ccc4c56)c3)n2)cc1. The maximum absolute atomic E-state index is 6.67. The van der Waals surface area contributed by atoms with Gasteiger partial charge in [0, 0.05) is 50.5 Å². The van der Waals surface area contributed by atoms with E-state index in [0.29, 0.717) is 23.4 Å². The Bertz CT molecular complexity index is 3280. The summed E-state index contributed by atoms with van der Waals surface area (Å²) in [5.41, 5.74) is 17.2. The maximum atomic E-state index is 6.67. The van der Waals surface area contributed by atoms with Crippen LogP contribution in [-0.2, 0) is 5.41 Å². The van der Waals surface area contributed by atoms with Gasteiger partial charge in [0.1, 0.15) is 11.2 Å². The molecule has 3 aliphatic carbocycles. The topological polar surface area (TPSA) is 55.1 Å². The average Bonchev–Trinajstić information content (AvgIpc) is 3.70. The van der Waals surface area contributed by atoms with E-state index < -0.39 is 0 Å². The molecule has 2 aromatic heterocycles. The van der Waals surface area contributed by atoms with Crippen LogP contribution in [-0.4, -0.2) is 15.0 Å². The van der Waals surface area contributed by atoms with Crippen LogP contribution in [0.3, 0.4) is 0 Å². The van der Waals surface area contributed by atoms with Gasteiger partial charge in [-0.2, -0.15) is 0 Å². The van der Waals surface area contributed by atoms with Gasteiger partial charge in [-0.15, -0.1) is 0 Å². The zero-order valence-corrected chi connectivity index (χ0v) is 32.6. The van der Waals surface area contributed by atoms with Gasteiger partial charge >= 0.3 is 0 Å². The van der Waals surface area contributed by atoms with Crippen molar-refractivity contribution in [1.82, 2.24) is 15.0 Å². The van der Waals surface area contributed by atoms with Gasteiger partial charge < -0.3 is 9.32 Å². The van der Waals surface area contributed by atoms with Gasteiger partial charge in [0.25, 0.3) is 0 Å². The zero-order valence-electron chi connectivity index (χ0n) is 32.6. The van der Waals surface area contributed by atoms with Gasteiger partial charge in [0.05, 0.1) is 11.4 Å². The van der Waals surface area contributed by atoms with Crippen molar-refractivity contribution in [2.24, 2.45) is 0 Å². The first-order chi connectivity index (χ1) is 29.7. The number of para-hydroxylation sites is 1. The quantitative estimate of drug-likeness (QED) is 0.175. The fraction of sp³-hybridized carbons (Fsp3) is 0.0727. The number of aromatic nitrogens is 3. The van der Waals surface area contributed by atoms with Crippen molar-refractivity contribution < 1.29 is 4.42 Å². The molecule has 0 N–H and O–H groups in total. The van der Waals surface area contributed by atoms with Gasteiger partial charge in [-0.05, 0) is 82.1 Å². The van der Waals surface area contributed by atoms with Crippen LogP contribution in [0.25, 0.3) is 67.2 Å². The lowest BCUT2D eigenvalue weighted by atomic mass is 9.50. The standard InChI is InChI=1S/C55H36N4O/c1-4-15-34(16-5-1)39-27-28-46-51-50(39)42-29-30-55(51,44-25-12-10-23-40(42)44)45-32-43-41-24-11-13-26-48(41)60-49(43)33-47(45)59(46)38-22-14-21-37(31-38)54-57-52(35-17-6-2-7-18-35)56-53(58-54)36-19-8-3-9-20-36/h1-28,31-33,42H,29-30H2. The minimum absolute atomic E-state index is 0.291. The van der Waals surface area contributed by atoms with Crippen molar-refractivity contribution in [2.45, 2.75) is 24.2 Å². The normalized spacial score (nSPS) is 17.1. The molecule has 5 nitrogen and oxygen atoms in total. The first-order valence-electron chi connectivity index (χ1n) is 20.8. The van der Waals surface area contributed by atoms with E-state index in [1.165, 1.54) is 44.6 Å². The Labute approximate surface area is 347 Å². The predicted octanol–water partition coefficient (Wildman–Crippen LogP) is 13.8. The maximum Gasteiger partial charge on any atom is 0.164 e. The van der Waals surface area contributed by atoms with E-state index in [1.54, 1.807) is 0 Å². The fourth-order valence-electron chi connectivity index (χ4n) is 10.7. The molecule has 1 aliphatic heterocycles. The fourth-order valence-corrected chi connectivity index (χ4v) is 10.7. The molecule has 0 amide bonds. The molecule has 0 fully saturated rings. The van der Waals surface area contributed by atoms with Crippen LogP contribution in [0.2, 0.25) is 0 Å². The summed E-state index contributed by atoms with van der Waals surface area (Å²) in [5.74, 6) is 2.20. The smallest absolute Gasteiger partial charge is 0.164 e. The number of furan rings is 1. The Morgan fingerprint density at radius 1 is 0.483 bits per heavy atom. The molecule has 5 heteroatoms. The van der Waals surface area contributed by atoms with Crippen LogP contribution in [0.1, 0.15) is 46.6 Å². The predicted molar refractivity (Wildman–Crippen MR) is 241 cm³/mol. The molecule has 0 saturated heterocycles. The Kier molecular flexibility index (Phi) is 7.05. The van der Waals surface area contributed by atoms with Crippen molar-refractivity contribution in [3.63, 3.8) is 0 Å². The summed E-state index contributed by atoms with van der Waals surface area (Å²) in [6.07, 6.45) is 2.11. The van der Waals surface area contributed by atoms with Crippen LogP contribution in [0.5, 0.6) is 0 Å². The Hall–Kier alpha value is -7.63. The highest BCUT2D eigenvalue weighted by Crippen LogP contribution is 2.68. The summed E-state index contributed by atoms with van der Waals surface area (Å²) >= 11 is 0. The van der Waals surface area contributed by atoms with Crippen LogP contribution < -0.4 is 4.90 Å². The van der Waals surface area contributed by atoms with Gasteiger partial charge in [0.15, 0.2) is 17.5 Å². The summed E-state index contributed by atoms with van der Waals surface area (Å²) in [6.45, 7) is 0. The molecule has 10 aromatic rings. The lowest BCUT2D eigenvalue weighted by molar-refractivity contribution is 0.426. The molecule has 282 valence electrons. The third-order valence-corrected chi connectivity index (χ3v) is 13.2. The summed E-state index contributed by atoms with van der Waals surface area (Å²) in [4.78, 5) is 17.7. The monoisotopic (exact) mass is 768 g/mol.